The maximum absolute atomic E-state index is 12.4. The summed E-state index contributed by atoms with van der Waals surface area (Å²) < 4.78 is 28.1. The van der Waals surface area contributed by atoms with E-state index < -0.39 is 10.0 Å². The van der Waals surface area contributed by atoms with Gasteiger partial charge in [0.1, 0.15) is 5.82 Å². The minimum atomic E-state index is -3.56. The molecule has 0 fully saturated rings. The highest BCUT2D eigenvalue weighted by molar-refractivity contribution is 9.10. The van der Waals surface area contributed by atoms with Crippen LogP contribution in [0.25, 0.3) is 34.3 Å². The van der Waals surface area contributed by atoms with Crippen molar-refractivity contribution in [1.82, 2.24) is 14.7 Å². The van der Waals surface area contributed by atoms with E-state index in [1.807, 2.05) is 60.7 Å². The predicted octanol–water partition coefficient (Wildman–Crippen LogP) is 5.07. The Labute approximate surface area is 177 Å². The molecule has 4 rings (SSSR count). The largest absolute Gasteiger partial charge is 0.338 e. The second-order valence-electron chi connectivity index (χ2n) is 6.41. The van der Waals surface area contributed by atoms with Crippen molar-refractivity contribution in [3.8, 4) is 11.1 Å². The SMILES string of the molecule is CNS(=O)(=O)c1ccccc1-c1ccc2[nH]c(C=Cc3ccccc3Br)nc2c1. The Morgan fingerprint density at radius 1 is 1.00 bits per heavy atom. The highest BCUT2D eigenvalue weighted by Crippen LogP contribution is 2.29. The number of hydrogen-bond acceptors (Lipinski definition) is 3. The van der Waals surface area contributed by atoms with Crippen LogP contribution < -0.4 is 4.72 Å². The van der Waals surface area contributed by atoms with E-state index in [0.717, 1.165) is 32.5 Å². The van der Waals surface area contributed by atoms with Gasteiger partial charge in [-0.25, -0.2) is 18.1 Å². The van der Waals surface area contributed by atoms with Crippen LogP contribution in [0, 0.1) is 0 Å². The molecule has 0 aliphatic rings. The van der Waals surface area contributed by atoms with E-state index in [1.54, 1.807) is 18.2 Å². The van der Waals surface area contributed by atoms with Crippen LogP contribution in [0.2, 0.25) is 0 Å². The molecule has 0 atom stereocenters. The molecule has 29 heavy (non-hydrogen) atoms. The summed E-state index contributed by atoms with van der Waals surface area (Å²) >= 11 is 3.53. The van der Waals surface area contributed by atoms with E-state index >= 15 is 0 Å². The van der Waals surface area contributed by atoms with E-state index in [1.165, 1.54) is 7.05 Å². The number of hydrogen-bond donors (Lipinski definition) is 2. The minimum Gasteiger partial charge on any atom is -0.338 e. The Kier molecular flexibility index (Phi) is 5.36. The third-order valence-electron chi connectivity index (χ3n) is 4.58. The zero-order chi connectivity index (χ0) is 20.4. The van der Waals surface area contributed by atoms with Crippen molar-refractivity contribution < 1.29 is 8.42 Å². The summed E-state index contributed by atoms with van der Waals surface area (Å²) in [6.45, 7) is 0. The van der Waals surface area contributed by atoms with Crippen LogP contribution in [-0.4, -0.2) is 25.4 Å². The van der Waals surface area contributed by atoms with Gasteiger partial charge in [0.2, 0.25) is 10.0 Å². The molecule has 1 aromatic heterocycles. The first-order chi connectivity index (χ1) is 14.0. The van der Waals surface area contributed by atoms with Crippen molar-refractivity contribution in [3.05, 3.63) is 82.6 Å². The molecule has 0 spiro atoms. The van der Waals surface area contributed by atoms with Crippen LogP contribution in [-0.2, 0) is 10.0 Å². The van der Waals surface area contributed by atoms with Crippen molar-refractivity contribution in [2.24, 2.45) is 0 Å². The van der Waals surface area contributed by atoms with Gasteiger partial charge in [-0.15, -0.1) is 0 Å². The molecule has 1 heterocycles. The highest BCUT2D eigenvalue weighted by Gasteiger charge is 2.17. The number of sulfonamides is 1. The van der Waals surface area contributed by atoms with Gasteiger partial charge in [0, 0.05) is 10.0 Å². The van der Waals surface area contributed by atoms with E-state index in [0.29, 0.717) is 5.56 Å². The maximum Gasteiger partial charge on any atom is 0.240 e. The Balaban J connectivity index is 1.73. The maximum atomic E-state index is 12.4. The van der Waals surface area contributed by atoms with Gasteiger partial charge in [0.15, 0.2) is 0 Å². The molecular weight excluding hydrogens is 450 g/mol. The summed E-state index contributed by atoms with van der Waals surface area (Å²) in [5.74, 6) is 0.726. The lowest BCUT2D eigenvalue weighted by molar-refractivity contribution is 0.588. The van der Waals surface area contributed by atoms with E-state index in [9.17, 15) is 8.42 Å². The molecule has 7 heteroatoms. The Hall–Kier alpha value is -2.74. The number of nitrogens with zero attached hydrogens (tertiary/aromatic N) is 1. The lowest BCUT2D eigenvalue weighted by Gasteiger charge is -2.09. The standard InChI is InChI=1S/C22H18BrN3O2S/c1-24-29(27,28)21-9-5-3-7-17(21)16-10-12-19-20(14-16)26-22(25-19)13-11-15-6-2-4-8-18(15)23/h2-14,24H,1H3,(H,25,26). The summed E-state index contributed by atoms with van der Waals surface area (Å²) in [6, 6.07) is 20.6. The molecular formula is C22H18BrN3O2S. The minimum absolute atomic E-state index is 0.242. The topological polar surface area (TPSA) is 74.8 Å². The summed E-state index contributed by atoms with van der Waals surface area (Å²) in [5.41, 5.74) is 4.14. The predicted molar refractivity (Wildman–Crippen MR) is 121 cm³/mol. The summed E-state index contributed by atoms with van der Waals surface area (Å²) in [4.78, 5) is 8.15. The first kappa shape index (κ1) is 19.6. The third-order valence-corrected chi connectivity index (χ3v) is 6.78. The number of imidazole rings is 1. The van der Waals surface area contributed by atoms with E-state index in [4.69, 9.17) is 0 Å². The van der Waals surface area contributed by atoms with Crippen LogP contribution in [0.4, 0.5) is 0 Å². The van der Waals surface area contributed by atoms with Gasteiger partial charge in [0.25, 0.3) is 0 Å². The molecule has 0 unspecified atom stereocenters. The normalized spacial score (nSPS) is 12.1. The Morgan fingerprint density at radius 3 is 2.55 bits per heavy atom. The molecule has 0 amide bonds. The van der Waals surface area contributed by atoms with Crippen molar-refractivity contribution in [2.75, 3.05) is 7.05 Å². The molecule has 0 aliphatic heterocycles. The zero-order valence-electron chi connectivity index (χ0n) is 15.6. The second-order valence-corrected chi connectivity index (χ2v) is 9.12. The highest BCUT2D eigenvalue weighted by atomic mass is 79.9. The van der Waals surface area contributed by atoms with Gasteiger partial charge in [-0.3, -0.25) is 0 Å². The molecule has 0 saturated heterocycles. The van der Waals surface area contributed by atoms with Gasteiger partial charge in [-0.2, -0.15) is 0 Å². The average molecular weight is 468 g/mol. The number of aromatic amines is 1. The van der Waals surface area contributed by atoms with Gasteiger partial charge >= 0.3 is 0 Å². The van der Waals surface area contributed by atoms with Gasteiger partial charge in [-0.1, -0.05) is 64.5 Å². The quantitative estimate of drug-likeness (QED) is 0.430. The Morgan fingerprint density at radius 2 is 1.76 bits per heavy atom. The summed E-state index contributed by atoms with van der Waals surface area (Å²) in [6.07, 6.45) is 3.90. The number of fused-ring (bicyclic) bond motifs is 1. The smallest absolute Gasteiger partial charge is 0.240 e. The number of nitrogens with one attached hydrogen (secondary N) is 2. The third kappa shape index (κ3) is 4.03. The molecule has 0 aliphatic carbocycles. The van der Waals surface area contributed by atoms with Crippen LogP contribution in [0.3, 0.4) is 0 Å². The molecule has 4 aromatic rings. The van der Waals surface area contributed by atoms with Crippen LogP contribution >= 0.6 is 15.9 Å². The first-order valence-corrected chi connectivity index (χ1v) is 11.2. The fraction of sp³-hybridized carbons (Fsp3) is 0.0455. The summed E-state index contributed by atoms with van der Waals surface area (Å²) in [7, 11) is -2.15. The Bertz CT molecular complexity index is 1330. The molecule has 2 N–H and O–H groups in total. The molecule has 3 aromatic carbocycles. The molecule has 0 radical (unpaired) electrons. The van der Waals surface area contributed by atoms with Gasteiger partial charge < -0.3 is 4.98 Å². The lowest BCUT2D eigenvalue weighted by Crippen LogP contribution is -2.19. The second kappa shape index (κ2) is 7.94. The zero-order valence-corrected chi connectivity index (χ0v) is 18.0. The molecule has 5 nitrogen and oxygen atoms in total. The monoisotopic (exact) mass is 467 g/mol. The van der Waals surface area contributed by atoms with Gasteiger partial charge in [0.05, 0.1) is 15.9 Å². The number of aromatic nitrogens is 2. The van der Waals surface area contributed by atoms with Crippen LogP contribution in [0.1, 0.15) is 11.4 Å². The van der Waals surface area contributed by atoms with Crippen molar-refractivity contribution in [1.29, 1.82) is 0 Å². The van der Waals surface area contributed by atoms with E-state index in [-0.39, 0.29) is 4.90 Å². The van der Waals surface area contributed by atoms with Gasteiger partial charge in [-0.05, 0) is 48.5 Å². The van der Waals surface area contributed by atoms with E-state index in [2.05, 4.69) is 30.6 Å². The summed E-state index contributed by atoms with van der Waals surface area (Å²) in [5, 5.41) is 0. The fourth-order valence-electron chi connectivity index (χ4n) is 3.10. The first-order valence-electron chi connectivity index (χ1n) is 8.93. The van der Waals surface area contributed by atoms with Crippen LogP contribution in [0.15, 0.2) is 76.1 Å². The number of halogens is 1. The van der Waals surface area contributed by atoms with Crippen molar-refractivity contribution in [2.45, 2.75) is 4.90 Å². The van der Waals surface area contributed by atoms with Crippen LogP contribution in [0.5, 0.6) is 0 Å². The number of rotatable bonds is 5. The fourth-order valence-corrected chi connectivity index (χ4v) is 4.47. The van der Waals surface area contributed by atoms with Crippen molar-refractivity contribution >= 4 is 49.1 Å². The molecule has 0 saturated carbocycles. The lowest BCUT2D eigenvalue weighted by atomic mass is 10.1. The van der Waals surface area contributed by atoms with Crippen molar-refractivity contribution in [3.63, 3.8) is 0 Å². The number of H-pyrrole nitrogens is 1. The molecule has 0 bridgehead atoms. The molecule has 146 valence electrons. The average Bonchev–Trinajstić information content (AvgIpc) is 3.15. The number of benzene rings is 3.